The van der Waals surface area contributed by atoms with Crippen LogP contribution in [0.4, 0.5) is 0 Å². The quantitative estimate of drug-likeness (QED) is 0.111. The molecule has 4 rings (SSSR count). The molecule has 0 saturated carbocycles. The van der Waals surface area contributed by atoms with E-state index < -0.39 is 65.0 Å². The van der Waals surface area contributed by atoms with Gasteiger partial charge in [-0.3, -0.25) is 23.7 Å². The molecule has 26 heteroatoms. The summed E-state index contributed by atoms with van der Waals surface area (Å²) >= 11 is 0. The van der Waals surface area contributed by atoms with E-state index in [1.165, 1.54) is 12.4 Å². The molecule has 2 unspecified atom stereocenters. The van der Waals surface area contributed by atoms with Crippen LogP contribution in [-0.4, -0.2) is 90.8 Å². The molecule has 2 aromatic rings. The van der Waals surface area contributed by atoms with E-state index in [1.54, 1.807) is 36.4 Å². The summed E-state index contributed by atoms with van der Waals surface area (Å²) in [5.74, 6) is -5.98. The molecule has 2 atom stereocenters. The molecule has 0 bridgehead atoms. The fraction of sp³-hybridized carbons (Fsp3) is 0.304. The molecule has 2 fully saturated rings. The zero-order valence-electron chi connectivity index (χ0n) is 24.0. The third-order valence-electron chi connectivity index (χ3n) is 5.01. The van der Waals surface area contributed by atoms with Crippen LogP contribution in [0.1, 0.15) is 33.1 Å². The summed E-state index contributed by atoms with van der Waals surface area (Å²) in [4.78, 5) is 86.0. The molecule has 1 N–H and O–H groups in total. The Morgan fingerprint density at radius 1 is 0.735 bits per heavy atom. The Hall–Kier alpha value is -1.68. The van der Waals surface area contributed by atoms with Crippen molar-refractivity contribution in [2.24, 2.45) is 0 Å². The number of carbonyl (C=O) groups is 6. The van der Waals surface area contributed by atoms with Gasteiger partial charge in [0.2, 0.25) is 9.16 Å². The van der Waals surface area contributed by atoms with Crippen molar-refractivity contribution in [1.82, 2.24) is 20.1 Å². The largest absolute Gasteiger partial charge is 1.00 e. The Labute approximate surface area is 329 Å². The third-order valence-corrected chi connectivity index (χ3v) is 13.7. The van der Waals surface area contributed by atoms with E-state index in [-0.39, 0.29) is 91.3 Å². The van der Waals surface area contributed by atoms with Crippen LogP contribution in [0.15, 0.2) is 58.8 Å². The number of pyridine rings is 2. The SMILES string of the molecule is C.O=C(ON1C(=O)CCC1=O)C(SSc1ccccn1)S(=O)(=O)O.O=C(ON1C(=O)CCC1=O)C(SSc1ccccn1)S(=O)(=O)[O-].[Na+].[V]. The first-order chi connectivity index (χ1) is 21.6. The van der Waals surface area contributed by atoms with Crippen molar-refractivity contribution in [2.75, 3.05) is 0 Å². The van der Waals surface area contributed by atoms with E-state index in [1.807, 2.05) is 0 Å². The number of imide groups is 2. The second-order valence-electron chi connectivity index (χ2n) is 8.35. The normalized spacial score (nSPS) is 15.5. The van der Waals surface area contributed by atoms with Crippen molar-refractivity contribution >= 4 is 99.0 Å². The van der Waals surface area contributed by atoms with E-state index in [4.69, 9.17) is 4.55 Å². The molecule has 0 aliphatic carbocycles. The average Bonchev–Trinajstić information content (AvgIpc) is 3.47. The van der Waals surface area contributed by atoms with E-state index in [0.29, 0.717) is 31.6 Å². The van der Waals surface area contributed by atoms with Gasteiger partial charge in [0, 0.05) is 56.6 Å². The molecule has 1 radical (unpaired) electrons. The number of hydrogen-bond acceptors (Lipinski definition) is 19. The molecule has 2 aromatic heterocycles. The Morgan fingerprint density at radius 3 is 1.39 bits per heavy atom. The smallest absolute Gasteiger partial charge is 0.747 e. The molecule has 4 amide bonds. The maximum absolute atomic E-state index is 11.9. The fourth-order valence-electron chi connectivity index (χ4n) is 2.98. The molecule has 0 aromatic carbocycles. The van der Waals surface area contributed by atoms with Gasteiger partial charge in [0.25, 0.3) is 33.7 Å². The van der Waals surface area contributed by atoms with E-state index in [0.717, 1.165) is 21.6 Å². The molecule has 2 aliphatic rings. The van der Waals surface area contributed by atoms with Crippen LogP contribution >= 0.6 is 43.2 Å². The number of hydroxylamine groups is 4. The number of aromatic nitrogens is 2. The summed E-state index contributed by atoms with van der Waals surface area (Å²) in [5.41, 5.74) is 0. The van der Waals surface area contributed by atoms with Gasteiger partial charge in [0.05, 0.1) is 0 Å². The van der Waals surface area contributed by atoms with Crippen molar-refractivity contribution in [3.63, 3.8) is 0 Å². The number of amides is 4. The summed E-state index contributed by atoms with van der Waals surface area (Å²) in [5, 5.41) is 1.17. The Kier molecular flexibility index (Phi) is 20.9. The van der Waals surface area contributed by atoms with Crippen molar-refractivity contribution in [3.05, 3.63) is 48.8 Å². The van der Waals surface area contributed by atoms with E-state index >= 15 is 0 Å². The molecular formula is C23H23N4NaO14S6V. The van der Waals surface area contributed by atoms with Crippen molar-refractivity contribution < 1.29 is 112 Å². The van der Waals surface area contributed by atoms with Gasteiger partial charge in [-0.05, 0) is 45.9 Å². The van der Waals surface area contributed by atoms with Crippen molar-refractivity contribution in [1.29, 1.82) is 0 Å². The Morgan fingerprint density at radius 2 is 1.08 bits per heavy atom. The van der Waals surface area contributed by atoms with Crippen LogP contribution in [0.25, 0.3) is 0 Å². The summed E-state index contributed by atoms with van der Waals surface area (Å²) in [6.07, 6.45) is 2.37. The fourth-order valence-corrected chi connectivity index (χ4v) is 10.1. The molecule has 4 heterocycles. The molecule has 0 spiro atoms. The first-order valence-electron chi connectivity index (χ1n) is 12.1. The molecule has 18 nitrogen and oxygen atoms in total. The van der Waals surface area contributed by atoms with Crippen LogP contribution in [0.3, 0.4) is 0 Å². The Bertz CT molecular complexity index is 1550. The van der Waals surface area contributed by atoms with Crippen molar-refractivity contribution in [3.8, 4) is 0 Å². The number of hydrogen-bond donors (Lipinski definition) is 1. The number of nitrogens with zero attached hydrogens (tertiary/aromatic N) is 4. The van der Waals surface area contributed by atoms with Crippen LogP contribution in [0.2, 0.25) is 0 Å². The third kappa shape index (κ3) is 14.8. The standard InChI is InChI=1S/2C11H10N2O7S3.CH4.Na.V/c2*14-8-4-5-9(15)13(8)20-10(16)11(23(17,18)19)22-21-7-3-1-2-6-12-7;;;/h2*1-3,6,11H,4-5H2,(H,17,18,19);1H4;;/q;;;+1;/p-1. The van der Waals surface area contributed by atoms with E-state index in [2.05, 4.69) is 19.6 Å². The maximum atomic E-state index is 11.9. The monoisotopic (exact) mass is 845 g/mol. The van der Waals surface area contributed by atoms with Gasteiger partial charge in [0.1, 0.15) is 20.2 Å². The first-order valence-corrected chi connectivity index (χ1v) is 19.5. The molecule has 2 aliphatic heterocycles. The van der Waals surface area contributed by atoms with Gasteiger partial charge in [-0.1, -0.05) is 41.1 Å². The molecular weight excluding hydrogens is 823 g/mol. The van der Waals surface area contributed by atoms with Gasteiger partial charge in [0.15, 0.2) is 0 Å². The second kappa shape index (κ2) is 21.6. The van der Waals surface area contributed by atoms with Gasteiger partial charge in [-0.2, -0.15) is 8.42 Å². The zero-order chi connectivity index (χ0) is 34.1. The van der Waals surface area contributed by atoms with Gasteiger partial charge < -0.3 is 14.2 Å². The Balaban J connectivity index is 0.000000886. The zero-order valence-corrected chi connectivity index (χ0v) is 32.3. The van der Waals surface area contributed by atoms with Crippen LogP contribution < -0.4 is 29.6 Å². The molecule has 261 valence electrons. The average molecular weight is 846 g/mol. The van der Waals surface area contributed by atoms with Crippen LogP contribution in [-0.2, 0) is 77.2 Å². The topological polar surface area (TPSA) is 265 Å². The molecule has 2 saturated heterocycles. The summed E-state index contributed by atoms with van der Waals surface area (Å²) in [6, 6.07) is 9.68. The van der Waals surface area contributed by atoms with Crippen LogP contribution in [0, 0.1) is 0 Å². The number of carbonyl (C=O) groups excluding carboxylic acids is 6. The van der Waals surface area contributed by atoms with Gasteiger partial charge >= 0.3 is 41.5 Å². The van der Waals surface area contributed by atoms with Crippen LogP contribution in [0.5, 0.6) is 0 Å². The predicted molar refractivity (Wildman–Crippen MR) is 165 cm³/mol. The van der Waals surface area contributed by atoms with E-state index in [9.17, 15) is 50.2 Å². The summed E-state index contributed by atoms with van der Waals surface area (Å²) < 4.78 is 61.4. The minimum atomic E-state index is -5.07. The second-order valence-corrected chi connectivity index (χ2v) is 16.6. The van der Waals surface area contributed by atoms with Crippen molar-refractivity contribution in [2.45, 2.75) is 52.3 Å². The molecule has 49 heavy (non-hydrogen) atoms. The minimum absolute atomic E-state index is 0. The predicted octanol–water partition coefficient (Wildman–Crippen LogP) is -1.42. The first kappa shape index (κ1) is 47.3. The minimum Gasteiger partial charge on any atom is -0.747 e. The maximum Gasteiger partial charge on any atom is 1.00 e. The van der Waals surface area contributed by atoms with Gasteiger partial charge in [-0.15, -0.1) is 10.1 Å². The van der Waals surface area contributed by atoms with Gasteiger partial charge in [-0.25, -0.2) is 28.0 Å². The summed E-state index contributed by atoms with van der Waals surface area (Å²) in [6.45, 7) is 0. The summed E-state index contributed by atoms with van der Waals surface area (Å²) in [7, 11) is -7.42. The number of rotatable bonds is 12.